The van der Waals surface area contributed by atoms with Crippen molar-refractivity contribution >= 4 is 17.4 Å². The SMILES string of the molecule is C[C@]1(O)C[C@@H](Nc2cc(C(F)(F)F)c(-c3ccc(Cl)cc3O)nn2)C1. The third kappa shape index (κ3) is 3.80. The first-order valence-electron chi connectivity index (χ1n) is 7.48. The Morgan fingerprint density at radius 1 is 1.24 bits per heavy atom. The molecular weight excluding hydrogens is 359 g/mol. The second-order valence-electron chi connectivity index (χ2n) is 6.40. The lowest BCUT2D eigenvalue weighted by molar-refractivity contribution is -0.137. The minimum absolute atomic E-state index is 0.0370. The molecule has 0 aliphatic heterocycles. The molecule has 134 valence electrons. The fourth-order valence-corrected chi connectivity index (χ4v) is 3.06. The Balaban J connectivity index is 1.96. The lowest BCUT2D eigenvalue weighted by Crippen LogP contribution is -2.48. The van der Waals surface area contributed by atoms with Gasteiger partial charge >= 0.3 is 6.18 Å². The molecule has 1 saturated carbocycles. The van der Waals surface area contributed by atoms with Crippen molar-refractivity contribution in [2.75, 3.05) is 5.32 Å². The zero-order valence-corrected chi connectivity index (χ0v) is 13.9. The molecule has 0 saturated heterocycles. The monoisotopic (exact) mass is 373 g/mol. The number of phenols is 1. The van der Waals surface area contributed by atoms with Crippen LogP contribution in [0, 0.1) is 0 Å². The Morgan fingerprint density at radius 3 is 2.48 bits per heavy atom. The highest BCUT2D eigenvalue weighted by Gasteiger charge is 2.40. The summed E-state index contributed by atoms with van der Waals surface area (Å²) in [6.45, 7) is 1.66. The van der Waals surface area contributed by atoms with Gasteiger partial charge in [-0.05, 0) is 44.0 Å². The summed E-state index contributed by atoms with van der Waals surface area (Å²) in [6.07, 6.45) is -3.86. The normalized spacial score (nSPS) is 23.2. The molecule has 25 heavy (non-hydrogen) atoms. The van der Waals surface area contributed by atoms with E-state index in [9.17, 15) is 23.4 Å². The molecular formula is C16H15ClF3N3O2. The molecule has 9 heteroatoms. The van der Waals surface area contributed by atoms with Crippen LogP contribution in [0.1, 0.15) is 25.3 Å². The number of alkyl halides is 3. The summed E-state index contributed by atoms with van der Waals surface area (Å²) in [4.78, 5) is 0. The van der Waals surface area contributed by atoms with Gasteiger partial charge in [-0.25, -0.2) is 0 Å². The second-order valence-corrected chi connectivity index (χ2v) is 6.83. The first-order valence-corrected chi connectivity index (χ1v) is 7.86. The van der Waals surface area contributed by atoms with Gasteiger partial charge in [0, 0.05) is 16.6 Å². The predicted molar refractivity (Wildman–Crippen MR) is 86.4 cm³/mol. The minimum atomic E-state index is -4.68. The van der Waals surface area contributed by atoms with Gasteiger partial charge in [-0.2, -0.15) is 13.2 Å². The summed E-state index contributed by atoms with van der Waals surface area (Å²) in [6, 6.07) is 4.44. The maximum Gasteiger partial charge on any atom is 0.418 e. The zero-order chi connectivity index (χ0) is 18.4. The lowest BCUT2D eigenvalue weighted by Gasteiger charge is -2.41. The molecule has 1 aromatic carbocycles. The smallest absolute Gasteiger partial charge is 0.418 e. The number of aromatic hydroxyl groups is 1. The van der Waals surface area contributed by atoms with Crippen molar-refractivity contribution in [3.8, 4) is 17.0 Å². The van der Waals surface area contributed by atoms with Gasteiger partial charge in [0.25, 0.3) is 0 Å². The van der Waals surface area contributed by atoms with Crippen LogP contribution in [0.5, 0.6) is 5.75 Å². The molecule has 1 aromatic heterocycles. The van der Waals surface area contributed by atoms with Crippen LogP contribution in [0.2, 0.25) is 5.02 Å². The van der Waals surface area contributed by atoms with Gasteiger partial charge < -0.3 is 15.5 Å². The molecule has 2 aromatic rings. The molecule has 3 N–H and O–H groups in total. The first-order chi connectivity index (χ1) is 11.5. The van der Waals surface area contributed by atoms with Crippen LogP contribution in [-0.4, -0.2) is 32.1 Å². The van der Waals surface area contributed by atoms with E-state index < -0.39 is 28.8 Å². The van der Waals surface area contributed by atoms with Gasteiger partial charge in [-0.3, -0.25) is 0 Å². The number of anilines is 1. The average Bonchev–Trinajstić information content (AvgIpc) is 2.45. The molecule has 1 aliphatic rings. The number of phenolic OH excluding ortho intramolecular Hbond substituents is 1. The maximum atomic E-state index is 13.4. The van der Waals surface area contributed by atoms with Crippen LogP contribution >= 0.6 is 11.6 Å². The van der Waals surface area contributed by atoms with E-state index in [0.717, 1.165) is 12.1 Å². The quantitative estimate of drug-likeness (QED) is 0.761. The van der Waals surface area contributed by atoms with Gasteiger partial charge in [-0.1, -0.05) is 11.6 Å². The molecule has 1 fully saturated rings. The Kier molecular flexibility index (Phi) is 4.28. The van der Waals surface area contributed by atoms with E-state index in [0.29, 0.717) is 12.8 Å². The highest BCUT2D eigenvalue weighted by atomic mass is 35.5. The Bertz CT molecular complexity index is 804. The van der Waals surface area contributed by atoms with E-state index in [-0.39, 0.29) is 22.4 Å². The Hall–Kier alpha value is -2.06. The Morgan fingerprint density at radius 2 is 1.92 bits per heavy atom. The van der Waals surface area contributed by atoms with Crippen LogP contribution < -0.4 is 5.32 Å². The fourth-order valence-electron chi connectivity index (χ4n) is 2.90. The molecule has 0 atom stereocenters. The van der Waals surface area contributed by atoms with Crippen LogP contribution in [-0.2, 0) is 6.18 Å². The highest BCUT2D eigenvalue weighted by Crippen LogP contribution is 2.41. The molecule has 1 heterocycles. The largest absolute Gasteiger partial charge is 0.507 e. The Labute approximate surface area is 146 Å². The van der Waals surface area contributed by atoms with E-state index >= 15 is 0 Å². The van der Waals surface area contributed by atoms with Crippen molar-refractivity contribution in [3.05, 3.63) is 34.9 Å². The fraction of sp³-hybridized carbons (Fsp3) is 0.375. The highest BCUT2D eigenvalue weighted by molar-refractivity contribution is 6.30. The number of aliphatic hydroxyl groups is 1. The van der Waals surface area contributed by atoms with Crippen molar-refractivity contribution in [1.29, 1.82) is 0 Å². The summed E-state index contributed by atoms with van der Waals surface area (Å²) in [5.74, 6) is -0.451. The molecule has 5 nitrogen and oxygen atoms in total. The van der Waals surface area contributed by atoms with Gasteiger partial charge in [0.15, 0.2) is 0 Å². The summed E-state index contributed by atoms with van der Waals surface area (Å²) in [5.41, 5.74) is -2.42. The van der Waals surface area contributed by atoms with Gasteiger partial charge in [-0.15, -0.1) is 10.2 Å². The van der Waals surface area contributed by atoms with E-state index in [1.165, 1.54) is 12.1 Å². The zero-order valence-electron chi connectivity index (χ0n) is 13.1. The van der Waals surface area contributed by atoms with Crippen LogP contribution in [0.25, 0.3) is 11.3 Å². The molecule has 1 aliphatic carbocycles. The van der Waals surface area contributed by atoms with Crippen molar-refractivity contribution in [3.63, 3.8) is 0 Å². The summed E-state index contributed by atoms with van der Waals surface area (Å²) in [5, 5.41) is 30.0. The van der Waals surface area contributed by atoms with Crippen LogP contribution in [0.3, 0.4) is 0 Å². The van der Waals surface area contributed by atoms with Crippen molar-refractivity contribution in [2.45, 2.75) is 37.6 Å². The summed E-state index contributed by atoms with van der Waals surface area (Å²) in [7, 11) is 0. The number of rotatable bonds is 3. The van der Waals surface area contributed by atoms with E-state index in [1.54, 1.807) is 6.92 Å². The third-order valence-electron chi connectivity index (χ3n) is 4.04. The van der Waals surface area contributed by atoms with Crippen LogP contribution in [0.4, 0.5) is 19.0 Å². The number of nitrogens with zero attached hydrogens (tertiary/aromatic N) is 2. The lowest BCUT2D eigenvalue weighted by atomic mass is 9.77. The average molecular weight is 374 g/mol. The van der Waals surface area contributed by atoms with Crippen LogP contribution in [0.15, 0.2) is 24.3 Å². The van der Waals surface area contributed by atoms with E-state index in [2.05, 4.69) is 15.5 Å². The second kappa shape index (κ2) is 6.03. The van der Waals surface area contributed by atoms with Crippen molar-refractivity contribution in [1.82, 2.24) is 10.2 Å². The number of hydrogen-bond donors (Lipinski definition) is 3. The van der Waals surface area contributed by atoms with Crippen molar-refractivity contribution in [2.24, 2.45) is 0 Å². The molecule has 0 radical (unpaired) electrons. The van der Waals surface area contributed by atoms with Crippen molar-refractivity contribution < 1.29 is 23.4 Å². The predicted octanol–water partition coefficient (Wildman–Crippen LogP) is 3.85. The maximum absolute atomic E-state index is 13.4. The number of benzene rings is 1. The number of hydrogen-bond acceptors (Lipinski definition) is 5. The van der Waals surface area contributed by atoms with Gasteiger partial charge in [0.2, 0.25) is 0 Å². The molecule has 0 bridgehead atoms. The molecule has 0 spiro atoms. The van der Waals surface area contributed by atoms with Gasteiger partial charge in [0.05, 0.1) is 11.2 Å². The number of aromatic nitrogens is 2. The van der Waals surface area contributed by atoms with Gasteiger partial charge in [0.1, 0.15) is 17.3 Å². The van der Waals surface area contributed by atoms with E-state index in [1.807, 2.05) is 0 Å². The van der Waals surface area contributed by atoms with E-state index in [4.69, 9.17) is 11.6 Å². The first kappa shape index (κ1) is 17.8. The molecule has 0 unspecified atom stereocenters. The third-order valence-corrected chi connectivity index (χ3v) is 4.27. The summed E-state index contributed by atoms with van der Waals surface area (Å²) >= 11 is 5.71. The standard InChI is InChI=1S/C16H15ClF3N3O2/c1-15(25)6-9(7-15)21-13-5-11(16(18,19)20)14(23-22-13)10-3-2-8(17)4-12(10)24/h2-5,9,24-25H,6-7H2,1H3,(H,21,22)/t9-,15+. The minimum Gasteiger partial charge on any atom is -0.507 e. The molecule has 3 rings (SSSR count). The number of halogens is 4. The summed E-state index contributed by atoms with van der Waals surface area (Å²) < 4.78 is 40.3. The topological polar surface area (TPSA) is 78.3 Å². The number of nitrogens with one attached hydrogen (secondary N) is 1. The molecule has 0 amide bonds.